The van der Waals surface area contributed by atoms with Crippen molar-refractivity contribution in [1.82, 2.24) is 19.8 Å². The number of aromatic nitrogens is 2. The average molecular weight is 318 g/mol. The summed E-state index contributed by atoms with van der Waals surface area (Å²) in [6, 6.07) is 1.97. The summed E-state index contributed by atoms with van der Waals surface area (Å²) in [5.41, 5.74) is 2.66. The largest absolute Gasteiger partial charge is 0.338 e. The normalized spacial score (nSPS) is 13.8. The highest BCUT2D eigenvalue weighted by molar-refractivity contribution is 7.07. The van der Waals surface area contributed by atoms with Crippen molar-refractivity contribution in [2.45, 2.75) is 19.4 Å². The minimum absolute atomic E-state index is 0.0116. The summed E-state index contributed by atoms with van der Waals surface area (Å²) in [7, 11) is 1.69. The van der Waals surface area contributed by atoms with E-state index in [-0.39, 0.29) is 11.6 Å². The number of rotatable bonds is 3. The Morgan fingerprint density at radius 2 is 2.36 bits per heavy atom. The molecule has 0 saturated carbocycles. The molecular weight excluding hydrogens is 300 g/mol. The zero-order valence-corrected chi connectivity index (χ0v) is 13.2. The van der Waals surface area contributed by atoms with Crippen molar-refractivity contribution in [3.05, 3.63) is 50.3 Å². The molecule has 2 aromatic heterocycles. The van der Waals surface area contributed by atoms with Gasteiger partial charge < -0.3 is 14.8 Å². The van der Waals surface area contributed by atoms with E-state index in [0.29, 0.717) is 31.7 Å². The molecule has 0 atom stereocenters. The van der Waals surface area contributed by atoms with Gasteiger partial charge in [-0.1, -0.05) is 0 Å². The summed E-state index contributed by atoms with van der Waals surface area (Å²) in [6.45, 7) is 1.57. The molecule has 0 saturated heterocycles. The Labute approximate surface area is 132 Å². The highest BCUT2D eigenvalue weighted by Gasteiger charge is 2.23. The summed E-state index contributed by atoms with van der Waals surface area (Å²) in [5.74, 6) is 0. The lowest BCUT2D eigenvalue weighted by Gasteiger charge is -2.28. The first kappa shape index (κ1) is 14.8. The standard InChI is InChI=1S/C15H18N4O2S/c1-18-10-17-13-8-19(6-3-12(13)14(18)20)15(21)16-5-2-11-4-7-22-9-11/h4,7,9-10H,2-3,5-6,8H2,1H3,(H,16,21). The second-order valence-corrected chi connectivity index (χ2v) is 6.15. The lowest BCUT2D eigenvalue weighted by Crippen LogP contribution is -2.45. The number of hydrogen-bond acceptors (Lipinski definition) is 4. The van der Waals surface area contributed by atoms with Crippen LogP contribution >= 0.6 is 11.3 Å². The number of thiophene rings is 1. The Kier molecular flexibility index (Phi) is 4.24. The predicted molar refractivity (Wildman–Crippen MR) is 85.0 cm³/mol. The van der Waals surface area contributed by atoms with Crippen molar-refractivity contribution < 1.29 is 4.79 Å². The van der Waals surface area contributed by atoms with Crippen LogP contribution in [-0.4, -0.2) is 33.6 Å². The monoisotopic (exact) mass is 318 g/mol. The van der Waals surface area contributed by atoms with Crippen LogP contribution in [0.5, 0.6) is 0 Å². The fourth-order valence-electron chi connectivity index (χ4n) is 2.55. The van der Waals surface area contributed by atoms with Gasteiger partial charge in [-0.05, 0) is 35.2 Å². The van der Waals surface area contributed by atoms with Gasteiger partial charge in [-0.15, -0.1) is 0 Å². The van der Waals surface area contributed by atoms with Gasteiger partial charge in [0.05, 0.1) is 18.6 Å². The molecule has 0 spiro atoms. The minimum atomic E-state index is -0.0941. The Balaban J connectivity index is 1.58. The van der Waals surface area contributed by atoms with Gasteiger partial charge >= 0.3 is 6.03 Å². The lowest BCUT2D eigenvalue weighted by molar-refractivity contribution is 0.191. The van der Waals surface area contributed by atoms with Crippen molar-refractivity contribution in [1.29, 1.82) is 0 Å². The van der Waals surface area contributed by atoms with Crippen molar-refractivity contribution >= 4 is 17.4 Å². The summed E-state index contributed by atoms with van der Waals surface area (Å²) < 4.78 is 1.48. The van der Waals surface area contributed by atoms with E-state index in [2.05, 4.69) is 21.7 Å². The highest BCUT2D eigenvalue weighted by atomic mass is 32.1. The number of nitrogens with one attached hydrogen (secondary N) is 1. The Bertz CT molecular complexity index is 724. The van der Waals surface area contributed by atoms with Gasteiger partial charge in [-0.2, -0.15) is 11.3 Å². The van der Waals surface area contributed by atoms with Crippen molar-refractivity contribution in [3.63, 3.8) is 0 Å². The number of amides is 2. The van der Waals surface area contributed by atoms with Crippen LogP contribution in [0, 0.1) is 0 Å². The predicted octanol–water partition coefficient (Wildman–Crippen LogP) is 1.15. The first-order chi connectivity index (χ1) is 10.6. The second-order valence-electron chi connectivity index (χ2n) is 5.37. The maximum Gasteiger partial charge on any atom is 0.317 e. The number of fused-ring (bicyclic) bond motifs is 1. The van der Waals surface area contributed by atoms with E-state index in [4.69, 9.17) is 0 Å². The number of nitrogens with zero attached hydrogens (tertiary/aromatic N) is 3. The maximum atomic E-state index is 12.2. The van der Waals surface area contributed by atoms with E-state index in [1.165, 1.54) is 16.5 Å². The van der Waals surface area contributed by atoms with Crippen LogP contribution in [0.25, 0.3) is 0 Å². The molecule has 0 aliphatic carbocycles. The van der Waals surface area contributed by atoms with Crippen molar-refractivity contribution in [2.24, 2.45) is 7.05 Å². The van der Waals surface area contributed by atoms with Gasteiger partial charge in [-0.3, -0.25) is 4.79 Å². The van der Waals surface area contributed by atoms with Gasteiger partial charge in [0, 0.05) is 25.7 Å². The molecular formula is C15H18N4O2S. The van der Waals surface area contributed by atoms with E-state index in [9.17, 15) is 9.59 Å². The first-order valence-electron chi connectivity index (χ1n) is 7.22. The third-order valence-electron chi connectivity index (χ3n) is 3.84. The maximum absolute atomic E-state index is 12.2. The van der Waals surface area contributed by atoms with Gasteiger partial charge in [-0.25, -0.2) is 9.78 Å². The average Bonchev–Trinajstić information content (AvgIpc) is 3.04. The van der Waals surface area contributed by atoms with Crippen LogP contribution in [-0.2, 0) is 26.4 Å². The number of carbonyl (C=O) groups excluding carboxylic acids is 1. The molecule has 0 unspecified atom stereocenters. The third kappa shape index (κ3) is 3.04. The smallest absolute Gasteiger partial charge is 0.317 e. The molecule has 0 aromatic carbocycles. The minimum Gasteiger partial charge on any atom is -0.338 e. The van der Waals surface area contributed by atoms with E-state index in [1.807, 2.05) is 5.38 Å². The van der Waals surface area contributed by atoms with E-state index < -0.39 is 0 Å². The molecule has 1 N–H and O–H groups in total. The lowest BCUT2D eigenvalue weighted by atomic mass is 10.1. The van der Waals surface area contributed by atoms with E-state index >= 15 is 0 Å². The van der Waals surface area contributed by atoms with Crippen LogP contribution in [0.15, 0.2) is 27.9 Å². The molecule has 22 heavy (non-hydrogen) atoms. The molecule has 0 bridgehead atoms. The highest BCUT2D eigenvalue weighted by Crippen LogP contribution is 2.13. The van der Waals surface area contributed by atoms with Crippen LogP contribution in [0.3, 0.4) is 0 Å². The van der Waals surface area contributed by atoms with E-state index in [1.54, 1.807) is 23.3 Å². The molecule has 2 aromatic rings. The Morgan fingerprint density at radius 1 is 1.50 bits per heavy atom. The molecule has 3 rings (SSSR count). The SMILES string of the molecule is Cn1cnc2c(c1=O)CCN(C(=O)NCCc1ccsc1)C2. The van der Waals surface area contributed by atoms with Crippen LogP contribution in [0.1, 0.15) is 16.8 Å². The third-order valence-corrected chi connectivity index (χ3v) is 4.58. The van der Waals surface area contributed by atoms with Crippen LogP contribution in [0.2, 0.25) is 0 Å². The Hall–Kier alpha value is -2.15. The van der Waals surface area contributed by atoms with Gasteiger partial charge in [0.15, 0.2) is 0 Å². The number of hydrogen-bond donors (Lipinski definition) is 1. The van der Waals surface area contributed by atoms with E-state index in [0.717, 1.165) is 12.0 Å². The fraction of sp³-hybridized carbons (Fsp3) is 0.400. The molecule has 1 aliphatic heterocycles. The van der Waals surface area contributed by atoms with Crippen molar-refractivity contribution in [2.75, 3.05) is 13.1 Å². The number of aryl methyl sites for hydroxylation is 1. The van der Waals surface area contributed by atoms with Crippen molar-refractivity contribution in [3.8, 4) is 0 Å². The van der Waals surface area contributed by atoms with Crippen LogP contribution in [0.4, 0.5) is 4.79 Å². The quantitative estimate of drug-likeness (QED) is 0.923. The van der Waals surface area contributed by atoms with Gasteiger partial charge in [0.25, 0.3) is 5.56 Å². The summed E-state index contributed by atoms with van der Waals surface area (Å²) in [5, 5.41) is 7.05. The summed E-state index contributed by atoms with van der Waals surface area (Å²) >= 11 is 1.66. The first-order valence-corrected chi connectivity index (χ1v) is 8.16. The molecule has 0 radical (unpaired) electrons. The molecule has 0 fully saturated rings. The summed E-state index contributed by atoms with van der Waals surface area (Å²) in [6.07, 6.45) is 2.91. The summed E-state index contributed by atoms with van der Waals surface area (Å²) in [4.78, 5) is 30.2. The molecule has 7 heteroatoms. The zero-order chi connectivity index (χ0) is 15.5. The Morgan fingerprint density at radius 3 is 3.14 bits per heavy atom. The van der Waals surface area contributed by atoms with Gasteiger partial charge in [0.2, 0.25) is 0 Å². The molecule has 1 aliphatic rings. The number of urea groups is 1. The topological polar surface area (TPSA) is 67.2 Å². The molecule has 2 amide bonds. The van der Waals surface area contributed by atoms with Gasteiger partial charge in [0.1, 0.15) is 0 Å². The second kappa shape index (κ2) is 6.31. The molecule has 3 heterocycles. The molecule has 6 nitrogen and oxygen atoms in total. The fourth-order valence-corrected chi connectivity index (χ4v) is 3.25. The number of carbonyl (C=O) groups is 1. The molecule has 116 valence electrons. The van der Waals surface area contributed by atoms with Crippen LogP contribution < -0.4 is 10.9 Å². The zero-order valence-electron chi connectivity index (χ0n) is 12.4.